The molecule has 3 heterocycles. The maximum absolute atomic E-state index is 2.55. The molecule has 13 aromatic rings. The topological polar surface area (TPSA) is 4.41 Å². The minimum absolute atomic E-state index is 1.21. The Kier molecular flexibility index (Phi) is 6.11. The SMILES string of the molecule is c1ccc2c(-c3c4ccccc4c(-c4ccc5c(c4)c4cccc6c7cccc8sc9cccc(c%10ccccc%10n5c64)c9c87)c4ccccc34)cccc2c1. The first-order valence-corrected chi connectivity index (χ1v) is 20.2. The van der Waals surface area contributed by atoms with Gasteiger partial charge in [-0.2, -0.15) is 0 Å². The highest BCUT2D eigenvalue weighted by Gasteiger charge is 2.21. The summed E-state index contributed by atoms with van der Waals surface area (Å²) >= 11 is 1.90. The maximum Gasteiger partial charge on any atom is 0.0619 e. The van der Waals surface area contributed by atoms with Crippen LogP contribution in [0.3, 0.4) is 0 Å². The van der Waals surface area contributed by atoms with E-state index in [2.05, 4.69) is 192 Å². The van der Waals surface area contributed by atoms with Gasteiger partial charge in [0.05, 0.1) is 16.6 Å². The van der Waals surface area contributed by atoms with E-state index in [1.54, 1.807) is 0 Å². The Morgan fingerprint density at radius 3 is 1.52 bits per heavy atom. The molecule has 3 aromatic heterocycles. The first-order chi connectivity index (χ1) is 27.8. The van der Waals surface area contributed by atoms with Gasteiger partial charge < -0.3 is 4.40 Å². The normalized spacial score (nSPS) is 12.3. The van der Waals surface area contributed by atoms with Crippen molar-refractivity contribution in [3.8, 4) is 22.3 Å². The summed E-state index contributed by atoms with van der Waals surface area (Å²) in [7, 11) is 0. The smallest absolute Gasteiger partial charge is 0.0619 e. The fraction of sp³-hybridized carbons (Fsp3) is 0. The lowest BCUT2D eigenvalue weighted by Crippen LogP contribution is -1.91. The van der Waals surface area contributed by atoms with Gasteiger partial charge >= 0.3 is 0 Å². The second-order valence-electron chi connectivity index (χ2n) is 15.1. The Morgan fingerprint density at radius 1 is 0.321 bits per heavy atom. The van der Waals surface area contributed by atoms with Crippen molar-refractivity contribution in [3.05, 3.63) is 188 Å². The summed E-state index contributed by atoms with van der Waals surface area (Å²) in [5.74, 6) is 0. The zero-order valence-corrected chi connectivity index (χ0v) is 31.1. The first kappa shape index (κ1) is 30.3. The fourth-order valence-electron chi connectivity index (χ4n) is 10.1. The van der Waals surface area contributed by atoms with Crippen LogP contribution in [-0.2, 0) is 0 Å². The van der Waals surface area contributed by atoms with Crippen LogP contribution >= 0.6 is 11.3 Å². The Bertz CT molecular complexity index is 3760. The van der Waals surface area contributed by atoms with E-state index in [4.69, 9.17) is 0 Å². The summed E-state index contributed by atoms with van der Waals surface area (Å²) in [6.45, 7) is 0. The molecule has 0 amide bonds. The van der Waals surface area contributed by atoms with Gasteiger partial charge in [-0.25, -0.2) is 0 Å². The zero-order valence-electron chi connectivity index (χ0n) is 30.3. The molecule has 0 saturated carbocycles. The van der Waals surface area contributed by atoms with E-state index in [0.717, 1.165) is 0 Å². The van der Waals surface area contributed by atoms with Gasteiger partial charge in [0, 0.05) is 41.7 Å². The van der Waals surface area contributed by atoms with Gasteiger partial charge in [0.1, 0.15) is 0 Å². The van der Waals surface area contributed by atoms with Gasteiger partial charge in [-0.15, -0.1) is 11.3 Å². The van der Waals surface area contributed by atoms with Crippen LogP contribution in [0.2, 0.25) is 0 Å². The Hall–Kier alpha value is -7.00. The maximum atomic E-state index is 2.55. The Labute approximate surface area is 325 Å². The average molecular weight is 726 g/mol. The summed E-state index contributed by atoms with van der Waals surface area (Å²) < 4.78 is 5.21. The van der Waals surface area contributed by atoms with Gasteiger partial charge in [0.25, 0.3) is 0 Å². The van der Waals surface area contributed by atoms with Crippen molar-refractivity contribution in [2.45, 2.75) is 0 Å². The third kappa shape index (κ3) is 3.98. The van der Waals surface area contributed by atoms with Crippen molar-refractivity contribution in [2.24, 2.45) is 0 Å². The second kappa shape index (κ2) is 11.3. The lowest BCUT2D eigenvalue weighted by atomic mass is 9.84. The first-order valence-electron chi connectivity index (χ1n) is 19.4. The number of aromatic nitrogens is 1. The summed E-state index contributed by atoms with van der Waals surface area (Å²) in [6, 6.07) is 70.3. The van der Waals surface area contributed by atoms with Crippen LogP contribution < -0.4 is 0 Å². The number of nitrogens with zero attached hydrogens (tertiary/aromatic N) is 1. The van der Waals surface area contributed by atoms with E-state index < -0.39 is 0 Å². The monoisotopic (exact) mass is 725 g/mol. The Balaban J connectivity index is 1.20. The third-order valence-electron chi connectivity index (χ3n) is 12.3. The highest BCUT2D eigenvalue weighted by atomic mass is 32.1. The number of fused-ring (bicyclic) bond motifs is 10. The molecule has 0 aliphatic rings. The number of rotatable bonds is 2. The van der Waals surface area contributed by atoms with Crippen LogP contribution in [0.25, 0.3) is 124 Å². The predicted octanol–water partition coefficient (Wildman–Crippen LogP) is 15.7. The minimum atomic E-state index is 1.21. The Morgan fingerprint density at radius 2 is 0.804 bits per heavy atom. The van der Waals surface area contributed by atoms with Crippen molar-refractivity contribution in [1.82, 2.24) is 4.40 Å². The van der Waals surface area contributed by atoms with Crippen LogP contribution in [0.4, 0.5) is 0 Å². The molecule has 10 aromatic carbocycles. The lowest BCUT2D eigenvalue weighted by molar-refractivity contribution is 1.35. The summed E-state index contributed by atoms with van der Waals surface area (Å²) in [4.78, 5) is 0. The van der Waals surface area contributed by atoms with E-state index >= 15 is 0 Å². The number of para-hydroxylation sites is 2. The van der Waals surface area contributed by atoms with Gasteiger partial charge in [-0.05, 0) is 95.7 Å². The largest absolute Gasteiger partial charge is 0.308 e. The average Bonchev–Trinajstić information content (AvgIpc) is 3.82. The molecular weight excluding hydrogens is 695 g/mol. The van der Waals surface area contributed by atoms with E-state index in [0.29, 0.717) is 0 Å². The fourth-order valence-corrected chi connectivity index (χ4v) is 11.2. The van der Waals surface area contributed by atoms with Crippen molar-refractivity contribution >= 4 is 113 Å². The molecule has 0 radical (unpaired) electrons. The predicted molar refractivity (Wildman–Crippen MR) is 244 cm³/mol. The number of hydrogen-bond acceptors (Lipinski definition) is 1. The standard InChI is InChI=1S/C54H31NS/c1-2-15-34-32(13-1)14-9-21-36(34)51-40-19-5-3-17-38(40)50(39-18-4-6-20-41(39)51)33-29-30-47-45(31-33)44-25-10-24-43-42-23-12-28-49-53(42)52-37(22-11-27-48(52)56-49)35-16-7-8-26-46(35)55(47)54(43)44/h1-31H. The third-order valence-corrected chi connectivity index (χ3v) is 13.4. The van der Waals surface area contributed by atoms with Crippen molar-refractivity contribution in [2.75, 3.05) is 0 Å². The van der Waals surface area contributed by atoms with Gasteiger partial charge in [-0.1, -0.05) is 158 Å². The number of hydrogen-bond donors (Lipinski definition) is 0. The van der Waals surface area contributed by atoms with E-state index in [1.807, 2.05) is 11.3 Å². The molecule has 0 spiro atoms. The van der Waals surface area contributed by atoms with E-state index in [-0.39, 0.29) is 0 Å². The van der Waals surface area contributed by atoms with Crippen molar-refractivity contribution < 1.29 is 0 Å². The molecule has 0 bridgehead atoms. The molecule has 0 N–H and O–H groups in total. The van der Waals surface area contributed by atoms with Crippen molar-refractivity contribution in [1.29, 1.82) is 0 Å². The highest BCUT2D eigenvalue weighted by molar-refractivity contribution is 7.26. The molecule has 1 nitrogen and oxygen atoms in total. The molecule has 13 rings (SSSR count). The molecule has 0 aliphatic carbocycles. The van der Waals surface area contributed by atoms with Crippen LogP contribution in [-0.4, -0.2) is 4.40 Å². The highest BCUT2D eigenvalue weighted by Crippen LogP contribution is 2.48. The quantitative estimate of drug-likeness (QED) is 0.156. The van der Waals surface area contributed by atoms with Crippen LogP contribution in [0, 0.1) is 0 Å². The molecule has 56 heavy (non-hydrogen) atoms. The molecule has 2 heteroatoms. The number of thiophene rings is 1. The molecule has 0 atom stereocenters. The molecule has 0 aliphatic heterocycles. The van der Waals surface area contributed by atoms with Gasteiger partial charge in [0.15, 0.2) is 0 Å². The lowest BCUT2D eigenvalue weighted by Gasteiger charge is -2.19. The zero-order chi connectivity index (χ0) is 36.5. The van der Waals surface area contributed by atoms with Gasteiger partial charge in [-0.3, -0.25) is 0 Å². The number of benzene rings is 10. The van der Waals surface area contributed by atoms with Crippen LogP contribution in [0.5, 0.6) is 0 Å². The van der Waals surface area contributed by atoms with Crippen molar-refractivity contribution in [3.63, 3.8) is 0 Å². The summed E-state index contributed by atoms with van der Waals surface area (Å²) in [6.07, 6.45) is 0. The summed E-state index contributed by atoms with van der Waals surface area (Å²) in [5.41, 5.74) is 8.75. The van der Waals surface area contributed by atoms with E-state index in [1.165, 1.54) is 124 Å². The van der Waals surface area contributed by atoms with E-state index in [9.17, 15) is 0 Å². The molecular formula is C54H31NS. The second-order valence-corrected chi connectivity index (χ2v) is 16.2. The summed E-state index contributed by atoms with van der Waals surface area (Å²) in [5, 5.41) is 18.0. The van der Waals surface area contributed by atoms with Crippen LogP contribution in [0.15, 0.2) is 188 Å². The molecule has 0 saturated heterocycles. The minimum Gasteiger partial charge on any atom is -0.308 e. The molecule has 0 unspecified atom stereocenters. The molecule has 0 fully saturated rings. The van der Waals surface area contributed by atoms with Gasteiger partial charge in [0.2, 0.25) is 0 Å². The molecule has 258 valence electrons. The van der Waals surface area contributed by atoms with Crippen LogP contribution in [0.1, 0.15) is 0 Å².